The average Bonchev–Trinajstić information content (AvgIpc) is 3.21. The Bertz CT molecular complexity index is 1090. The lowest BCUT2D eigenvalue weighted by molar-refractivity contribution is -0.139. The fourth-order valence-electron chi connectivity index (χ4n) is 3.84. The van der Waals surface area contributed by atoms with Crippen LogP contribution in [0.25, 0.3) is 0 Å². The first kappa shape index (κ1) is 20.9. The van der Waals surface area contributed by atoms with Crippen LogP contribution in [0.4, 0.5) is 5.69 Å². The van der Waals surface area contributed by atoms with Crippen LogP contribution in [0, 0.1) is 6.92 Å². The Labute approximate surface area is 184 Å². The summed E-state index contributed by atoms with van der Waals surface area (Å²) in [5.74, 6) is -0.297. The van der Waals surface area contributed by atoms with Gasteiger partial charge in [-0.15, -0.1) is 5.10 Å². The number of hydrazone groups is 1. The highest BCUT2D eigenvalue weighted by Crippen LogP contribution is 2.55. The van der Waals surface area contributed by atoms with Crippen molar-refractivity contribution in [3.63, 3.8) is 0 Å². The Morgan fingerprint density at radius 2 is 1.87 bits per heavy atom. The van der Waals surface area contributed by atoms with Crippen LogP contribution in [0.15, 0.2) is 53.6 Å². The number of hydrogen-bond acceptors (Lipinski definition) is 6. The van der Waals surface area contributed by atoms with E-state index >= 15 is 0 Å². The summed E-state index contributed by atoms with van der Waals surface area (Å²) >= 11 is 1.07. The number of rotatable bonds is 4. The van der Waals surface area contributed by atoms with Crippen LogP contribution in [0.1, 0.15) is 25.0 Å². The first-order chi connectivity index (χ1) is 14.8. The smallest absolute Gasteiger partial charge is 0.270 e. The summed E-state index contributed by atoms with van der Waals surface area (Å²) in [6, 6.07) is 15.0. The average molecular weight is 439 g/mol. The second kappa shape index (κ2) is 8.07. The summed E-state index contributed by atoms with van der Waals surface area (Å²) in [6.07, 6.45) is 0. The molecular formula is C22H22N4O4S. The van der Waals surface area contributed by atoms with E-state index in [9.17, 15) is 14.4 Å². The van der Waals surface area contributed by atoms with E-state index in [0.717, 1.165) is 23.0 Å². The molecule has 2 aromatic rings. The molecule has 8 nitrogen and oxygen atoms in total. The molecule has 0 aromatic heterocycles. The highest BCUT2D eigenvalue weighted by Gasteiger charge is 2.61. The lowest BCUT2D eigenvalue weighted by Gasteiger charge is -2.29. The molecule has 1 atom stereocenters. The molecule has 0 aliphatic carbocycles. The van der Waals surface area contributed by atoms with Crippen molar-refractivity contribution < 1.29 is 19.1 Å². The molecule has 9 heteroatoms. The van der Waals surface area contributed by atoms with Crippen molar-refractivity contribution in [3.8, 4) is 5.75 Å². The summed E-state index contributed by atoms with van der Waals surface area (Å²) < 4.78 is 5.80. The molecule has 0 bridgehead atoms. The highest BCUT2D eigenvalue weighted by molar-refractivity contribution is 8.15. The van der Waals surface area contributed by atoms with Crippen molar-refractivity contribution in [3.05, 3.63) is 59.7 Å². The number of amidine groups is 1. The van der Waals surface area contributed by atoms with Gasteiger partial charge in [0.25, 0.3) is 5.91 Å². The summed E-state index contributed by atoms with van der Waals surface area (Å²) in [6.45, 7) is 5.21. The van der Waals surface area contributed by atoms with Crippen LogP contribution in [0.3, 0.4) is 0 Å². The number of thioether (sulfide) groups is 1. The Balaban J connectivity index is 1.69. The van der Waals surface area contributed by atoms with E-state index in [1.54, 1.807) is 4.90 Å². The van der Waals surface area contributed by atoms with Gasteiger partial charge in [-0.25, -0.2) is 0 Å². The van der Waals surface area contributed by atoms with Gasteiger partial charge in [-0.1, -0.05) is 36.4 Å². The molecule has 160 valence electrons. The van der Waals surface area contributed by atoms with Crippen molar-refractivity contribution in [2.75, 3.05) is 18.1 Å². The van der Waals surface area contributed by atoms with Gasteiger partial charge in [0.1, 0.15) is 12.4 Å². The standard InChI is InChI=1S/C22H22N4O4S/c1-14-8-7-11-18-19(14)25(12-13-30-17-9-5-4-6-10-17)20(29)22(18)26(16(3)28)24-21(31-22)23-15(2)27/h4-11H,12-13H2,1-3H3,(H,23,24,27). The number of ether oxygens (including phenoxy) is 1. The van der Waals surface area contributed by atoms with E-state index in [2.05, 4.69) is 10.4 Å². The van der Waals surface area contributed by atoms with E-state index in [1.807, 2.05) is 55.5 Å². The molecule has 0 fully saturated rings. The van der Waals surface area contributed by atoms with Crippen LogP contribution in [0.5, 0.6) is 5.75 Å². The zero-order chi connectivity index (χ0) is 22.2. The van der Waals surface area contributed by atoms with Gasteiger partial charge in [0.05, 0.1) is 12.2 Å². The van der Waals surface area contributed by atoms with Crippen LogP contribution in [-0.4, -0.2) is 41.0 Å². The fourth-order valence-corrected chi connectivity index (χ4v) is 5.16. The maximum Gasteiger partial charge on any atom is 0.270 e. The lowest BCUT2D eigenvalue weighted by Crippen LogP contribution is -2.49. The number of anilines is 1. The largest absolute Gasteiger partial charge is 0.492 e. The topological polar surface area (TPSA) is 91.3 Å². The third-order valence-electron chi connectivity index (χ3n) is 5.05. The molecular weight excluding hydrogens is 416 g/mol. The van der Waals surface area contributed by atoms with Gasteiger partial charge in [-0.2, -0.15) is 5.01 Å². The minimum absolute atomic E-state index is 0.214. The molecule has 1 unspecified atom stereocenters. The molecule has 1 N–H and O–H groups in total. The van der Waals surface area contributed by atoms with Crippen molar-refractivity contribution in [2.45, 2.75) is 25.6 Å². The first-order valence-electron chi connectivity index (χ1n) is 9.80. The predicted molar refractivity (Wildman–Crippen MR) is 119 cm³/mol. The van der Waals surface area contributed by atoms with Gasteiger partial charge in [0.15, 0.2) is 5.17 Å². The molecule has 1 spiro atoms. The summed E-state index contributed by atoms with van der Waals surface area (Å²) in [7, 11) is 0. The summed E-state index contributed by atoms with van der Waals surface area (Å²) in [5.41, 5.74) is 2.31. The van der Waals surface area contributed by atoms with E-state index < -0.39 is 10.8 Å². The number of benzene rings is 2. The van der Waals surface area contributed by atoms with E-state index in [0.29, 0.717) is 17.9 Å². The van der Waals surface area contributed by atoms with Gasteiger partial charge in [0, 0.05) is 19.4 Å². The second-order valence-corrected chi connectivity index (χ2v) is 8.43. The van der Waals surface area contributed by atoms with Crippen molar-refractivity contribution >= 4 is 40.3 Å². The van der Waals surface area contributed by atoms with Crippen LogP contribution >= 0.6 is 11.8 Å². The molecule has 0 saturated carbocycles. The third-order valence-corrected chi connectivity index (χ3v) is 6.29. The normalized spacial score (nSPS) is 19.5. The Morgan fingerprint density at radius 3 is 2.55 bits per heavy atom. The maximum atomic E-state index is 13.8. The van der Waals surface area contributed by atoms with Gasteiger partial charge in [-0.3, -0.25) is 14.4 Å². The molecule has 0 saturated heterocycles. The SMILES string of the molecule is CC(=O)NC1=NN(C(C)=O)C2(S1)C(=O)N(CCOc1ccccc1)c1c(C)cccc12. The Kier molecular flexibility index (Phi) is 5.45. The lowest BCUT2D eigenvalue weighted by atomic mass is 10.0. The molecule has 3 amide bonds. The second-order valence-electron chi connectivity index (χ2n) is 7.25. The number of para-hydroxylation sites is 2. The quantitative estimate of drug-likeness (QED) is 0.792. The van der Waals surface area contributed by atoms with Gasteiger partial charge < -0.3 is 15.0 Å². The monoisotopic (exact) mass is 438 g/mol. The fraction of sp³-hybridized carbons (Fsp3) is 0.273. The highest BCUT2D eigenvalue weighted by atomic mass is 32.2. The molecule has 4 rings (SSSR count). The van der Waals surface area contributed by atoms with Gasteiger partial charge in [0.2, 0.25) is 16.7 Å². The van der Waals surface area contributed by atoms with Gasteiger partial charge >= 0.3 is 0 Å². The Hall–Kier alpha value is -3.33. The van der Waals surface area contributed by atoms with Crippen molar-refractivity contribution in [1.82, 2.24) is 10.3 Å². The molecule has 31 heavy (non-hydrogen) atoms. The van der Waals surface area contributed by atoms with Crippen LogP contribution in [0.2, 0.25) is 0 Å². The number of amides is 3. The van der Waals surface area contributed by atoms with Crippen LogP contribution < -0.4 is 15.0 Å². The number of aryl methyl sites for hydroxylation is 1. The molecule has 2 heterocycles. The summed E-state index contributed by atoms with van der Waals surface area (Å²) in [5, 5.41) is 8.25. The van der Waals surface area contributed by atoms with Crippen molar-refractivity contribution in [2.24, 2.45) is 5.10 Å². The number of fused-ring (bicyclic) bond motifs is 2. The Morgan fingerprint density at radius 1 is 1.13 bits per heavy atom. The molecule has 2 aromatic carbocycles. The number of hydrogen-bond donors (Lipinski definition) is 1. The molecule has 2 aliphatic rings. The number of carbonyl (C=O) groups is 3. The first-order valence-corrected chi connectivity index (χ1v) is 10.6. The van der Waals surface area contributed by atoms with Crippen molar-refractivity contribution in [1.29, 1.82) is 0 Å². The number of carbonyl (C=O) groups excluding carboxylic acids is 3. The zero-order valence-corrected chi connectivity index (χ0v) is 18.2. The minimum atomic E-state index is -1.39. The van der Waals surface area contributed by atoms with E-state index in [1.165, 1.54) is 18.9 Å². The maximum absolute atomic E-state index is 13.8. The molecule has 2 aliphatic heterocycles. The third kappa shape index (κ3) is 3.54. The zero-order valence-electron chi connectivity index (χ0n) is 17.4. The van der Waals surface area contributed by atoms with E-state index in [4.69, 9.17) is 4.74 Å². The van der Waals surface area contributed by atoms with E-state index in [-0.39, 0.29) is 23.6 Å². The van der Waals surface area contributed by atoms with Crippen LogP contribution in [-0.2, 0) is 19.3 Å². The minimum Gasteiger partial charge on any atom is -0.492 e. The predicted octanol–water partition coefficient (Wildman–Crippen LogP) is 2.58. The summed E-state index contributed by atoms with van der Waals surface area (Å²) in [4.78, 5) is 38.1. The number of nitrogens with one attached hydrogen (secondary N) is 1. The number of nitrogens with zero attached hydrogens (tertiary/aromatic N) is 3. The molecule has 0 radical (unpaired) electrons. The van der Waals surface area contributed by atoms with Gasteiger partial charge in [-0.05, 0) is 36.4 Å².